The van der Waals surface area contributed by atoms with Crippen molar-refractivity contribution in [3.05, 3.63) is 51.6 Å². The number of ether oxygens (including phenoxy) is 2. The number of ketones is 3. The number of fused-ring (bicyclic) bond motifs is 3. The fraction of sp³-hybridized carbons (Fsp3) is 0.500. The maximum Gasteiger partial charge on any atom is 0.306 e. The molecule has 0 heterocycles. The van der Waals surface area contributed by atoms with Crippen LogP contribution in [0.25, 0.3) is 0 Å². The van der Waals surface area contributed by atoms with E-state index in [1.54, 1.807) is 0 Å². The van der Waals surface area contributed by atoms with E-state index in [-0.39, 0.29) is 46.4 Å². The minimum Gasteiger partial charge on any atom is -0.507 e. The lowest BCUT2D eigenvalue weighted by Gasteiger charge is -2.39. The van der Waals surface area contributed by atoms with Crippen molar-refractivity contribution in [3.63, 3.8) is 0 Å². The topological polar surface area (TPSA) is 163 Å². The number of likely N-dealkylation sites (N-methyl/N-ethyl adjacent to an activating group) is 1. The van der Waals surface area contributed by atoms with Crippen molar-refractivity contribution in [2.75, 3.05) is 39.9 Å². The maximum absolute atomic E-state index is 13.8. The maximum atomic E-state index is 13.8. The number of methoxy groups -OCH3 is 1. The molecular formula is C32H40N2O9. The van der Waals surface area contributed by atoms with E-state index >= 15 is 0 Å². The van der Waals surface area contributed by atoms with Crippen LogP contribution in [0.5, 0.6) is 17.2 Å². The summed E-state index contributed by atoms with van der Waals surface area (Å²) in [5.41, 5.74) is -2.75. The van der Waals surface area contributed by atoms with Gasteiger partial charge >= 0.3 is 5.97 Å². The Balaban J connectivity index is 1.79. The summed E-state index contributed by atoms with van der Waals surface area (Å²) >= 11 is 0. The summed E-state index contributed by atoms with van der Waals surface area (Å²) in [6.07, 6.45) is 0.835. The number of aliphatic hydroxyl groups is 1. The predicted molar refractivity (Wildman–Crippen MR) is 157 cm³/mol. The molecule has 4 N–H and O–H groups in total. The lowest BCUT2D eigenvalue weighted by Crippen LogP contribution is -2.50. The fourth-order valence-corrected chi connectivity index (χ4v) is 5.98. The van der Waals surface area contributed by atoms with E-state index in [9.17, 15) is 34.5 Å². The smallest absolute Gasteiger partial charge is 0.306 e. The molecule has 0 unspecified atom stereocenters. The Hall–Kier alpha value is -3.80. The molecule has 0 radical (unpaired) electrons. The molecule has 232 valence electrons. The van der Waals surface area contributed by atoms with E-state index in [1.807, 2.05) is 20.8 Å². The number of esters is 1. The van der Waals surface area contributed by atoms with Gasteiger partial charge in [-0.1, -0.05) is 39.3 Å². The molecule has 0 amide bonds. The predicted octanol–water partition coefficient (Wildman–Crippen LogP) is 2.83. The van der Waals surface area contributed by atoms with Crippen LogP contribution in [-0.2, 0) is 20.7 Å². The van der Waals surface area contributed by atoms with Crippen LogP contribution in [0.15, 0.2) is 18.2 Å². The van der Waals surface area contributed by atoms with Crippen LogP contribution >= 0.6 is 0 Å². The quantitative estimate of drug-likeness (QED) is 0.170. The molecule has 2 aromatic carbocycles. The van der Waals surface area contributed by atoms with Crippen LogP contribution in [-0.4, -0.2) is 89.0 Å². The Labute approximate surface area is 250 Å². The van der Waals surface area contributed by atoms with Gasteiger partial charge in [0.1, 0.15) is 22.8 Å². The highest BCUT2D eigenvalue weighted by Crippen LogP contribution is 2.51. The van der Waals surface area contributed by atoms with Gasteiger partial charge in [-0.3, -0.25) is 19.2 Å². The summed E-state index contributed by atoms with van der Waals surface area (Å²) in [4.78, 5) is 54.9. The molecule has 0 fully saturated rings. The monoisotopic (exact) mass is 596 g/mol. The van der Waals surface area contributed by atoms with Crippen LogP contribution in [0, 0.1) is 0 Å². The third-order valence-electron chi connectivity index (χ3n) is 8.45. The summed E-state index contributed by atoms with van der Waals surface area (Å²) in [7, 11) is 1.36. The molecule has 2 aromatic rings. The highest BCUT2D eigenvalue weighted by atomic mass is 16.5. The van der Waals surface area contributed by atoms with Gasteiger partial charge in [0.15, 0.2) is 12.4 Å². The Morgan fingerprint density at radius 3 is 2.40 bits per heavy atom. The molecule has 2 aliphatic carbocycles. The molecule has 43 heavy (non-hydrogen) atoms. The van der Waals surface area contributed by atoms with Crippen LogP contribution in [0.1, 0.15) is 95.5 Å². The van der Waals surface area contributed by atoms with Gasteiger partial charge in [0.05, 0.1) is 23.8 Å². The van der Waals surface area contributed by atoms with E-state index in [1.165, 1.54) is 25.3 Å². The molecule has 11 nitrogen and oxygen atoms in total. The number of nitrogens with one attached hydrogen (secondary N) is 1. The zero-order valence-electron chi connectivity index (χ0n) is 25.1. The summed E-state index contributed by atoms with van der Waals surface area (Å²) in [6, 6.07) is 3.62. The zero-order chi connectivity index (χ0) is 31.5. The average Bonchev–Trinajstić information content (AvgIpc) is 3.00. The first-order valence-electron chi connectivity index (χ1n) is 14.8. The third-order valence-corrected chi connectivity index (χ3v) is 8.45. The summed E-state index contributed by atoms with van der Waals surface area (Å²) in [6.45, 7) is 7.88. The number of carbonyl (C=O) groups excluding carboxylic acids is 4. The van der Waals surface area contributed by atoms with Crippen molar-refractivity contribution in [2.24, 2.45) is 0 Å². The van der Waals surface area contributed by atoms with E-state index < -0.39 is 65.1 Å². The number of rotatable bonds is 13. The van der Waals surface area contributed by atoms with Crippen molar-refractivity contribution >= 4 is 23.3 Å². The van der Waals surface area contributed by atoms with Crippen LogP contribution in [0.2, 0.25) is 0 Å². The molecule has 0 aromatic heterocycles. The number of aromatic hydroxyl groups is 2. The third kappa shape index (κ3) is 6.02. The number of nitrogens with zero attached hydrogens (tertiary/aromatic N) is 1. The highest BCUT2D eigenvalue weighted by molar-refractivity contribution is 6.31. The van der Waals surface area contributed by atoms with Crippen molar-refractivity contribution in [2.45, 2.75) is 64.5 Å². The number of phenolic OH excluding ortho intramolecular Hbond substituents is 2. The average molecular weight is 597 g/mol. The van der Waals surface area contributed by atoms with Crippen LogP contribution < -0.4 is 10.1 Å². The van der Waals surface area contributed by atoms with Crippen molar-refractivity contribution in [1.29, 1.82) is 0 Å². The zero-order valence-corrected chi connectivity index (χ0v) is 25.1. The van der Waals surface area contributed by atoms with Crippen LogP contribution in [0.4, 0.5) is 0 Å². The number of phenols is 2. The number of hydrogen-bond donors (Lipinski definition) is 4. The number of unbranched alkanes of at least 4 members (excludes halogenated alkanes) is 1. The Morgan fingerprint density at radius 2 is 1.74 bits per heavy atom. The lowest BCUT2D eigenvalue weighted by molar-refractivity contribution is -0.155. The second-order valence-corrected chi connectivity index (χ2v) is 11.0. The first-order chi connectivity index (χ1) is 20.5. The number of hydrogen-bond acceptors (Lipinski definition) is 11. The van der Waals surface area contributed by atoms with Gasteiger partial charge < -0.3 is 35.0 Å². The van der Waals surface area contributed by atoms with E-state index in [2.05, 4.69) is 10.2 Å². The van der Waals surface area contributed by atoms with Crippen molar-refractivity contribution in [3.8, 4) is 17.2 Å². The second kappa shape index (κ2) is 13.2. The Morgan fingerprint density at radius 1 is 1.05 bits per heavy atom. The van der Waals surface area contributed by atoms with Crippen LogP contribution in [0.3, 0.4) is 0 Å². The summed E-state index contributed by atoms with van der Waals surface area (Å²) < 4.78 is 10.4. The standard InChI is InChI=1S/C32H40N2O9/c1-5-8-12-23(36)43-17-22(35)32(41)15-19-24(20(16-32)33-13-14-34(6-2)7-3)30(39)27-26(29(19)38)28(37)18-10-9-11-21(42-4)25(18)31(27)40/h9-11,20,33,38-39,41H,5-8,12-17H2,1-4H3/t20-,32-/m0/s1. The molecule has 4 rings (SSSR count). The normalized spacial score (nSPS) is 19.1. The largest absolute Gasteiger partial charge is 0.507 e. The van der Waals surface area contributed by atoms with Gasteiger partial charge in [-0.2, -0.15) is 0 Å². The van der Waals surface area contributed by atoms with Gasteiger partial charge in [-0.25, -0.2) is 0 Å². The number of Topliss-reactive ketones (excluding diaryl/α,β-unsaturated/α-hetero) is 1. The SMILES string of the molecule is CCCCC(=O)OCC(=O)[C@]1(O)Cc2c(O)c3c(c(O)c2[C@@H](NCCN(CC)CC)C1)C(=O)c1c(OC)cccc1C3=O. The molecule has 2 atom stereocenters. The highest BCUT2D eigenvalue weighted by Gasteiger charge is 2.49. The van der Waals surface area contributed by atoms with Gasteiger partial charge in [0.2, 0.25) is 11.6 Å². The van der Waals surface area contributed by atoms with Gasteiger partial charge in [0.25, 0.3) is 0 Å². The summed E-state index contributed by atoms with van der Waals surface area (Å²) in [5, 5.41) is 38.1. The molecule has 0 bridgehead atoms. The van der Waals surface area contributed by atoms with E-state index in [0.717, 1.165) is 19.5 Å². The van der Waals surface area contributed by atoms with Crippen molar-refractivity contribution < 1.29 is 44.0 Å². The fourth-order valence-electron chi connectivity index (χ4n) is 5.98. The van der Waals surface area contributed by atoms with E-state index in [4.69, 9.17) is 9.47 Å². The number of carbonyl (C=O) groups is 4. The molecule has 0 aliphatic heterocycles. The minimum atomic E-state index is -2.09. The lowest BCUT2D eigenvalue weighted by atomic mass is 9.71. The minimum absolute atomic E-state index is 0.00142. The molecule has 11 heteroatoms. The Kier molecular flexibility index (Phi) is 9.89. The second-order valence-electron chi connectivity index (χ2n) is 11.0. The Bertz CT molecular complexity index is 1430. The van der Waals surface area contributed by atoms with Gasteiger partial charge in [-0.05, 0) is 25.6 Å². The molecule has 0 spiro atoms. The molecular weight excluding hydrogens is 556 g/mol. The molecule has 2 aliphatic rings. The van der Waals surface area contributed by atoms with E-state index in [0.29, 0.717) is 19.5 Å². The first kappa shape index (κ1) is 32.1. The first-order valence-corrected chi connectivity index (χ1v) is 14.8. The molecule has 0 saturated heterocycles. The van der Waals surface area contributed by atoms with Crippen molar-refractivity contribution in [1.82, 2.24) is 10.2 Å². The van der Waals surface area contributed by atoms with Gasteiger partial charge in [0, 0.05) is 55.1 Å². The summed E-state index contributed by atoms with van der Waals surface area (Å²) in [5.74, 6) is -3.65. The molecule has 0 saturated carbocycles. The number of benzene rings is 2. The van der Waals surface area contributed by atoms with Gasteiger partial charge in [-0.15, -0.1) is 0 Å².